The number of methoxy groups -OCH3 is 1. The zero-order chi connectivity index (χ0) is 21.4. The molecule has 3 aromatic rings. The number of aromatic hydroxyl groups is 1. The molecular weight excluding hydrogens is 414 g/mol. The van der Waals surface area contributed by atoms with Crippen LogP contribution < -0.4 is 0 Å². The van der Waals surface area contributed by atoms with Crippen molar-refractivity contribution in [2.45, 2.75) is 32.2 Å². The summed E-state index contributed by atoms with van der Waals surface area (Å²) in [5.41, 5.74) is 0.515. The Morgan fingerprint density at radius 1 is 1.33 bits per heavy atom. The zero-order valence-electron chi connectivity index (χ0n) is 16.6. The number of hydrogen-bond donors (Lipinski definition) is 1. The Labute approximate surface area is 175 Å². The summed E-state index contributed by atoms with van der Waals surface area (Å²) in [6.45, 7) is 3.00. The Morgan fingerprint density at radius 2 is 2.07 bits per heavy atom. The van der Waals surface area contributed by atoms with Crippen LogP contribution in [0, 0.1) is 17.6 Å². The molecule has 3 heterocycles. The summed E-state index contributed by atoms with van der Waals surface area (Å²) in [5.74, 6) is -1.76. The summed E-state index contributed by atoms with van der Waals surface area (Å²) in [6.07, 6.45) is 1.79. The van der Waals surface area contributed by atoms with Crippen molar-refractivity contribution in [3.63, 3.8) is 0 Å². The Bertz CT molecular complexity index is 1080. The lowest BCUT2D eigenvalue weighted by Gasteiger charge is -2.36. The molecule has 0 unspecified atom stereocenters. The van der Waals surface area contributed by atoms with Crippen molar-refractivity contribution in [3.8, 4) is 5.88 Å². The summed E-state index contributed by atoms with van der Waals surface area (Å²) in [6, 6.07) is 3.24. The number of halogens is 2. The average molecular weight is 436 g/mol. The second-order valence-electron chi connectivity index (χ2n) is 7.28. The van der Waals surface area contributed by atoms with Crippen LogP contribution in [0.15, 0.2) is 18.2 Å². The van der Waals surface area contributed by atoms with E-state index in [-0.39, 0.29) is 17.8 Å². The predicted molar refractivity (Wildman–Crippen MR) is 106 cm³/mol. The SMILES string of the molecule is CCc1nc2sc([C@H](c3ccc(F)c(F)c3)N3CCC(C(=O)OC)CC3)c(O)n2n1. The number of hydrogen-bond acceptors (Lipinski definition) is 7. The van der Waals surface area contributed by atoms with E-state index >= 15 is 0 Å². The van der Waals surface area contributed by atoms with Gasteiger partial charge in [0.15, 0.2) is 17.5 Å². The van der Waals surface area contributed by atoms with Gasteiger partial charge in [0.25, 0.3) is 0 Å². The first-order valence-electron chi connectivity index (χ1n) is 9.77. The highest BCUT2D eigenvalue weighted by molar-refractivity contribution is 7.17. The number of benzene rings is 1. The molecule has 0 saturated carbocycles. The van der Waals surface area contributed by atoms with Gasteiger partial charge < -0.3 is 9.84 Å². The summed E-state index contributed by atoms with van der Waals surface area (Å²) >= 11 is 1.27. The fourth-order valence-electron chi connectivity index (χ4n) is 3.89. The van der Waals surface area contributed by atoms with Crippen molar-refractivity contribution in [1.29, 1.82) is 0 Å². The molecule has 0 aliphatic carbocycles. The number of carbonyl (C=O) groups excluding carboxylic acids is 1. The van der Waals surface area contributed by atoms with Gasteiger partial charge in [0.05, 0.1) is 23.9 Å². The molecule has 160 valence electrons. The fourth-order valence-corrected chi connectivity index (χ4v) is 5.03. The first-order valence-corrected chi connectivity index (χ1v) is 10.6. The minimum Gasteiger partial charge on any atom is -0.492 e. The highest BCUT2D eigenvalue weighted by atomic mass is 32.1. The second-order valence-corrected chi connectivity index (χ2v) is 8.28. The van der Waals surface area contributed by atoms with E-state index < -0.39 is 17.7 Å². The van der Waals surface area contributed by atoms with Crippen LogP contribution in [0.4, 0.5) is 8.78 Å². The molecule has 1 saturated heterocycles. The number of esters is 1. The Morgan fingerprint density at radius 3 is 2.67 bits per heavy atom. The molecule has 1 aliphatic rings. The second kappa shape index (κ2) is 8.27. The van der Waals surface area contributed by atoms with Crippen LogP contribution >= 0.6 is 11.3 Å². The fraction of sp³-hybridized carbons (Fsp3) is 0.450. The van der Waals surface area contributed by atoms with Crippen molar-refractivity contribution in [1.82, 2.24) is 19.5 Å². The summed E-state index contributed by atoms with van der Waals surface area (Å²) in [5, 5.41) is 15.2. The molecule has 1 atom stereocenters. The molecule has 0 spiro atoms. The quantitative estimate of drug-likeness (QED) is 0.618. The van der Waals surface area contributed by atoms with Gasteiger partial charge in [-0.05, 0) is 43.6 Å². The molecule has 1 fully saturated rings. The third kappa shape index (κ3) is 3.65. The first-order chi connectivity index (χ1) is 14.4. The predicted octanol–water partition coefficient (Wildman–Crippen LogP) is 3.31. The van der Waals surface area contributed by atoms with Gasteiger partial charge in [-0.2, -0.15) is 4.52 Å². The molecular formula is C20H22F2N4O3S. The highest BCUT2D eigenvalue weighted by Gasteiger charge is 2.34. The van der Waals surface area contributed by atoms with E-state index in [0.29, 0.717) is 53.6 Å². The largest absolute Gasteiger partial charge is 0.492 e. The van der Waals surface area contributed by atoms with Gasteiger partial charge in [-0.15, -0.1) is 5.10 Å². The van der Waals surface area contributed by atoms with Crippen LogP contribution in [0.25, 0.3) is 4.96 Å². The third-order valence-electron chi connectivity index (χ3n) is 5.50. The van der Waals surface area contributed by atoms with Gasteiger partial charge in [-0.3, -0.25) is 9.69 Å². The van der Waals surface area contributed by atoms with Gasteiger partial charge >= 0.3 is 5.97 Å². The lowest BCUT2D eigenvalue weighted by molar-refractivity contribution is -0.147. The minimum absolute atomic E-state index is 0.0629. The van der Waals surface area contributed by atoms with E-state index in [2.05, 4.69) is 15.0 Å². The van der Waals surface area contributed by atoms with Crippen LogP contribution in [0.2, 0.25) is 0 Å². The summed E-state index contributed by atoms with van der Waals surface area (Å²) < 4.78 is 33.8. The third-order valence-corrected chi connectivity index (χ3v) is 6.57. The van der Waals surface area contributed by atoms with Crippen LogP contribution in [0.5, 0.6) is 5.88 Å². The topological polar surface area (TPSA) is 80.0 Å². The number of ether oxygens (including phenoxy) is 1. The van der Waals surface area contributed by atoms with E-state index in [1.807, 2.05) is 6.92 Å². The van der Waals surface area contributed by atoms with E-state index in [9.17, 15) is 18.7 Å². The van der Waals surface area contributed by atoms with Crippen LogP contribution in [-0.2, 0) is 16.0 Å². The molecule has 0 amide bonds. The molecule has 1 aromatic carbocycles. The molecule has 2 aromatic heterocycles. The van der Waals surface area contributed by atoms with Gasteiger partial charge in [-0.25, -0.2) is 13.8 Å². The van der Waals surface area contributed by atoms with E-state index in [4.69, 9.17) is 4.74 Å². The standard InChI is InChI=1S/C20H22F2N4O3S/c1-3-15-23-20-26(24-15)18(27)17(30-20)16(12-4-5-13(21)14(22)10-12)25-8-6-11(7-9-25)19(28)29-2/h4-5,10-11,16,27H,3,6-9H2,1-2H3/t16-/m0/s1. The number of piperidine rings is 1. The monoisotopic (exact) mass is 436 g/mol. The van der Waals surface area contributed by atoms with Crippen molar-refractivity contribution in [2.24, 2.45) is 5.92 Å². The van der Waals surface area contributed by atoms with E-state index in [1.54, 1.807) is 0 Å². The van der Waals surface area contributed by atoms with Gasteiger partial charge in [0.1, 0.15) is 0 Å². The zero-order valence-corrected chi connectivity index (χ0v) is 17.5. The molecule has 0 radical (unpaired) electrons. The Balaban J connectivity index is 1.73. The number of aryl methyl sites for hydroxylation is 1. The summed E-state index contributed by atoms with van der Waals surface area (Å²) in [7, 11) is 1.37. The number of rotatable bonds is 5. The smallest absolute Gasteiger partial charge is 0.308 e. The van der Waals surface area contributed by atoms with E-state index in [0.717, 1.165) is 12.1 Å². The van der Waals surface area contributed by atoms with Crippen LogP contribution in [-0.4, -0.2) is 50.8 Å². The lowest BCUT2D eigenvalue weighted by Crippen LogP contribution is -2.39. The maximum atomic E-state index is 14.0. The molecule has 1 N–H and O–H groups in total. The van der Waals surface area contributed by atoms with Crippen molar-refractivity contribution in [3.05, 3.63) is 46.1 Å². The number of aromatic nitrogens is 3. The molecule has 0 bridgehead atoms. The molecule has 1 aliphatic heterocycles. The summed E-state index contributed by atoms with van der Waals surface area (Å²) in [4.78, 5) is 19.4. The first kappa shape index (κ1) is 20.7. The number of fused-ring (bicyclic) bond motifs is 1. The Kier molecular flexibility index (Phi) is 5.70. The maximum Gasteiger partial charge on any atom is 0.308 e. The van der Waals surface area contributed by atoms with Gasteiger partial charge in [0.2, 0.25) is 10.8 Å². The lowest BCUT2D eigenvalue weighted by atomic mass is 9.93. The molecule has 4 rings (SSSR count). The highest BCUT2D eigenvalue weighted by Crippen LogP contribution is 2.41. The van der Waals surface area contributed by atoms with Crippen LogP contribution in [0.3, 0.4) is 0 Å². The number of nitrogens with zero attached hydrogens (tertiary/aromatic N) is 4. The van der Waals surface area contributed by atoms with Crippen molar-refractivity contribution < 1.29 is 23.4 Å². The average Bonchev–Trinajstić information content (AvgIpc) is 3.30. The molecule has 7 nitrogen and oxygen atoms in total. The van der Waals surface area contributed by atoms with Gasteiger partial charge in [0, 0.05) is 6.42 Å². The normalized spacial score (nSPS) is 16.8. The van der Waals surface area contributed by atoms with Crippen molar-refractivity contribution in [2.75, 3.05) is 20.2 Å². The van der Waals surface area contributed by atoms with Crippen LogP contribution in [0.1, 0.15) is 42.1 Å². The maximum absolute atomic E-state index is 14.0. The van der Waals surface area contributed by atoms with Gasteiger partial charge in [-0.1, -0.05) is 24.3 Å². The van der Waals surface area contributed by atoms with E-state index in [1.165, 1.54) is 29.0 Å². The minimum atomic E-state index is -0.950. The Hall–Kier alpha value is -2.59. The number of carbonyl (C=O) groups is 1. The number of likely N-dealkylation sites (tertiary alicyclic amines) is 1. The molecule has 30 heavy (non-hydrogen) atoms. The number of thiazole rings is 1. The van der Waals surface area contributed by atoms with Crippen molar-refractivity contribution >= 4 is 22.3 Å². The molecule has 10 heteroatoms.